The monoisotopic (exact) mass is 357 g/mol. The van der Waals surface area contributed by atoms with Crippen LogP contribution in [0, 0.1) is 5.92 Å². The van der Waals surface area contributed by atoms with Crippen molar-refractivity contribution < 1.29 is 14.3 Å². The van der Waals surface area contributed by atoms with Crippen LogP contribution in [0.5, 0.6) is 0 Å². The molecule has 0 saturated heterocycles. The lowest BCUT2D eigenvalue weighted by atomic mass is 10.00. The van der Waals surface area contributed by atoms with Gasteiger partial charge in [-0.1, -0.05) is 60.1 Å². The van der Waals surface area contributed by atoms with Crippen LogP contribution in [0.25, 0.3) is 5.57 Å². The topological polar surface area (TPSA) is 55.4 Å². The van der Waals surface area contributed by atoms with E-state index in [1.165, 1.54) is 7.11 Å². The first-order valence-electron chi connectivity index (χ1n) is 7.85. The second-order valence-corrected chi connectivity index (χ2v) is 6.00. The van der Waals surface area contributed by atoms with Crippen molar-refractivity contribution in [3.05, 3.63) is 76.8 Å². The molecular formula is C20H20ClNO3. The number of allylic oxidation sites excluding steroid dienone is 1. The van der Waals surface area contributed by atoms with Crippen molar-refractivity contribution in [2.45, 2.75) is 13.5 Å². The molecule has 0 heterocycles. The molecule has 1 unspecified atom stereocenters. The van der Waals surface area contributed by atoms with E-state index in [1.807, 2.05) is 49.4 Å². The van der Waals surface area contributed by atoms with Crippen LogP contribution < -0.4 is 5.32 Å². The number of ether oxygens (including phenoxy) is 1. The molecule has 25 heavy (non-hydrogen) atoms. The fourth-order valence-electron chi connectivity index (χ4n) is 2.33. The molecule has 0 bridgehead atoms. The Labute approximate surface area is 152 Å². The number of halogens is 1. The third kappa shape index (κ3) is 5.47. The summed E-state index contributed by atoms with van der Waals surface area (Å²) in [6.07, 6.45) is 1.61. The molecule has 0 aliphatic heterocycles. The van der Waals surface area contributed by atoms with Crippen molar-refractivity contribution in [2.24, 2.45) is 5.92 Å². The van der Waals surface area contributed by atoms with Crippen molar-refractivity contribution in [3.8, 4) is 0 Å². The van der Waals surface area contributed by atoms with Gasteiger partial charge >= 0.3 is 5.97 Å². The predicted molar refractivity (Wildman–Crippen MR) is 98.9 cm³/mol. The average Bonchev–Trinajstić information content (AvgIpc) is 2.64. The van der Waals surface area contributed by atoms with E-state index in [4.69, 9.17) is 16.3 Å². The van der Waals surface area contributed by atoms with Gasteiger partial charge in [-0.3, -0.25) is 9.59 Å². The quantitative estimate of drug-likeness (QED) is 0.631. The Morgan fingerprint density at radius 3 is 2.36 bits per heavy atom. The largest absolute Gasteiger partial charge is 0.468 e. The van der Waals surface area contributed by atoms with Gasteiger partial charge in [0, 0.05) is 11.6 Å². The zero-order chi connectivity index (χ0) is 18.2. The molecule has 1 N–H and O–H groups in total. The number of amides is 1. The number of esters is 1. The summed E-state index contributed by atoms with van der Waals surface area (Å²) in [5.74, 6) is -2.01. The third-order valence-corrected chi connectivity index (χ3v) is 4.02. The van der Waals surface area contributed by atoms with Crippen LogP contribution in [0.4, 0.5) is 0 Å². The number of hydrogen-bond acceptors (Lipinski definition) is 3. The van der Waals surface area contributed by atoms with E-state index in [2.05, 4.69) is 5.32 Å². The van der Waals surface area contributed by atoms with Crippen LogP contribution in [-0.2, 0) is 20.9 Å². The van der Waals surface area contributed by atoms with Gasteiger partial charge in [-0.25, -0.2) is 0 Å². The van der Waals surface area contributed by atoms with Crippen LogP contribution in [0.15, 0.2) is 60.7 Å². The Hall–Kier alpha value is -2.59. The molecular weight excluding hydrogens is 338 g/mol. The number of carbonyl (C=O) groups is 2. The van der Waals surface area contributed by atoms with E-state index in [0.29, 0.717) is 11.6 Å². The molecule has 0 aromatic heterocycles. The molecule has 2 aromatic rings. The third-order valence-electron chi connectivity index (χ3n) is 3.76. The van der Waals surface area contributed by atoms with Gasteiger partial charge in [0.25, 0.3) is 0 Å². The number of benzene rings is 2. The summed E-state index contributed by atoms with van der Waals surface area (Å²) in [5.41, 5.74) is 2.63. The molecule has 0 fully saturated rings. The number of nitrogens with one attached hydrogen (secondary N) is 1. The van der Waals surface area contributed by atoms with E-state index < -0.39 is 17.8 Å². The van der Waals surface area contributed by atoms with E-state index in [9.17, 15) is 9.59 Å². The lowest BCUT2D eigenvalue weighted by Gasteiger charge is -2.13. The molecule has 0 aliphatic carbocycles. The molecule has 1 amide bonds. The first-order chi connectivity index (χ1) is 12.0. The molecule has 0 saturated carbocycles. The van der Waals surface area contributed by atoms with Gasteiger partial charge in [-0.05, 0) is 35.8 Å². The highest BCUT2D eigenvalue weighted by Crippen LogP contribution is 2.19. The first kappa shape index (κ1) is 18.7. The number of methoxy groups -OCH3 is 1. The summed E-state index contributed by atoms with van der Waals surface area (Å²) < 4.78 is 4.78. The minimum atomic E-state index is -1.01. The maximum Gasteiger partial charge on any atom is 0.322 e. The van der Waals surface area contributed by atoms with Crippen molar-refractivity contribution in [2.75, 3.05) is 7.11 Å². The molecule has 0 radical (unpaired) electrons. The van der Waals surface area contributed by atoms with E-state index in [-0.39, 0.29) is 0 Å². The standard InChI is InChI=1S/C20H20ClNO3/c1-14(16-8-10-17(21)11-9-16)12-18(20(24)25-2)19(23)22-13-15-6-4-3-5-7-15/h3-12,18H,13H2,1-2H3,(H,22,23)/b14-12+. The fourth-order valence-corrected chi connectivity index (χ4v) is 2.46. The maximum absolute atomic E-state index is 12.5. The van der Waals surface area contributed by atoms with E-state index in [1.54, 1.807) is 18.2 Å². The zero-order valence-electron chi connectivity index (χ0n) is 14.2. The van der Waals surface area contributed by atoms with Gasteiger partial charge in [0.15, 0.2) is 5.92 Å². The molecule has 0 spiro atoms. The van der Waals surface area contributed by atoms with E-state index in [0.717, 1.165) is 16.7 Å². The van der Waals surface area contributed by atoms with Gasteiger partial charge in [0.2, 0.25) is 5.91 Å². The Bertz CT molecular complexity index is 754. The Balaban J connectivity index is 2.14. The van der Waals surface area contributed by atoms with Gasteiger partial charge in [0.05, 0.1) is 7.11 Å². The van der Waals surface area contributed by atoms with Crippen LogP contribution in [0.1, 0.15) is 18.1 Å². The minimum absolute atomic E-state index is 0.348. The summed E-state index contributed by atoms with van der Waals surface area (Å²) in [7, 11) is 1.27. The fraction of sp³-hybridized carbons (Fsp3) is 0.200. The van der Waals surface area contributed by atoms with Crippen molar-refractivity contribution in [1.82, 2.24) is 5.32 Å². The average molecular weight is 358 g/mol. The number of rotatable bonds is 6. The number of hydrogen-bond donors (Lipinski definition) is 1. The Kier molecular flexibility index (Phi) is 6.78. The zero-order valence-corrected chi connectivity index (χ0v) is 14.9. The molecule has 0 aliphatic rings. The lowest BCUT2D eigenvalue weighted by molar-refractivity contribution is -0.147. The smallest absolute Gasteiger partial charge is 0.322 e. The Morgan fingerprint density at radius 1 is 1.12 bits per heavy atom. The summed E-state index contributed by atoms with van der Waals surface area (Å²) >= 11 is 5.89. The summed E-state index contributed by atoms with van der Waals surface area (Å²) in [6.45, 7) is 2.19. The summed E-state index contributed by atoms with van der Waals surface area (Å²) in [4.78, 5) is 24.5. The Morgan fingerprint density at radius 2 is 1.76 bits per heavy atom. The van der Waals surface area contributed by atoms with Crippen LogP contribution in [0.3, 0.4) is 0 Å². The lowest BCUT2D eigenvalue weighted by Crippen LogP contribution is -2.34. The highest BCUT2D eigenvalue weighted by molar-refractivity contribution is 6.30. The SMILES string of the molecule is COC(=O)C(/C=C(\C)c1ccc(Cl)cc1)C(=O)NCc1ccccc1. The molecule has 2 rings (SSSR count). The normalized spacial score (nSPS) is 12.4. The van der Waals surface area contributed by atoms with Gasteiger partial charge in [-0.2, -0.15) is 0 Å². The van der Waals surface area contributed by atoms with Crippen LogP contribution in [0.2, 0.25) is 5.02 Å². The van der Waals surface area contributed by atoms with Gasteiger partial charge in [-0.15, -0.1) is 0 Å². The summed E-state index contributed by atoms with van der Waals surface area (Å²) in [6, 6.07) is 16.7. The maximum atomic E-state index is 12.5. The highest BCUT2D eigenvalue weighted by Gasteiger charge is 2.25. The van der Waals surface area contributed by atoms with Crippen LogP contribution in [-0.4, -0.2) is 19.0 Å². The van der Waals surface area contributed by atoms with Crippen molar-refractivity contribution in [1.29, 1.82) is 0 Å². The second-order valence-electron chi connectivity index (χ2n) is 5.56. The van der Waals surface area contributed by atoms with E-state index >= 15 is 0 Å². The molecule has 4 nitrogen and oxygen atoms in total. The molecule has 2 aromatic carbocycles. The van der Waals surface area contributed by atoms with Crippen LogP contribution >= 0.6 is 11.6 Å². The number of carbonyl (C=O) groups excluding carboxylic acids is 2. The first-order valence-corrected chi connectivity index (χ1v) is 8.23. The van der Waals surface area contributed by atoms with Gasteiger partial charge < -0.3 is 10.1 Å². The second kappa shape index (κ2) is 9.04. The van der Waals surface area contributed by atoms with Crippen molar-refractivity contribution in [3.63, 3.8) is 0 Å². The predicted octanol–water partition coefficient (Wildman–Crippen LogP) is 3.85. The van der Waals surface area contributed by atoms with Gasteiger partial charge in [0.1, 0.15) is 0 Å². The van der Waals surface area contributed by atoms with Crippen molar-refractivity contribution >= 4 is 29.1 Å². The minimum Gasteiger partial charge on any atom is -0.468 e. The summed E-state index contributed by atoms with van der Waals surface area (Å²) in [5, 5.41) is 3.40. The highest BCUT2D eigenvalue weighted by atomic mass is 35.5. The molecule has 5 heteroatoms. The molecule has 130 valence electrons. The molecule has 1 atom stereocenters.